The second-order valence-corrected chi connectivity index (χ2v) is 8.27. The predicted octanol–water partition coefficient (Wildman–Crippen LogP) is 5.48. The number of aryl methyl sites for hydroxylation is 1. The zero-order valence-electron chi connectivity index (χ0n) is 18.2. The summed E-state index contributed by atoms with van der Waals surface area (Å²) in [4.78, 5) is 24.1. The van der Waals surface area contributed by atoms with Crippen LogP contribution in [0, 0.1) is 5.41 Å². The van der Waals surface area contributed by atoms with Crippen molar-refractivity contribution < 1.29 is 19.1 Å². The Labute approximate surface area is 179 Å². The minimum absolute atomic E-state index is 0.0314. The Bertz CT molecular complexity index is 825. The Morgan fingerprint density at radius 2 is 1.50 bits per heavy atom. The van der Waals surface area contributed by atoms with Crippen molar-refractivity contribution in [3.05, 3.63) is 83.9 Å². The summed E-state index contributed by atoms with van der Waals surface area (Å²) in [7, 11) is 0. The molecule has 0 spiro atoms. The molecule has 1 atom stereocenters. The summed E-state index contributed by atoms with van der Waals surface area (Å²) in [5.74, 6) is -0.528. The third-order valence-corrected chi connectivity index (χ3v) is 5.10. The first-order chi connectivity index (χ1) is 14.3. The molecule has 0 aliphatic carbocycles. The predicted molar refractivity (Wildman–Crippen MR) is 119 cm³/mol. The van der Waals surface area contributed by atoms with Crippen molar-refractivity contribution in [1.29, 1.82) is 0 Å². The van der Waals surface area contributed by atoms with Gasteiger partial charge in [0.15, 0.2) is 0 Å². The van der Waals surface area contributed by atoms with E-state index in [1.165, 1.54) is 11.1 Å². The molecule has 4 nitrogen and oxygen atoms in total. The Kier molecular flexibility index (Phi) is 8.85. The van der Waals surface area contributed by atoms with Gasteiger partial charge in [-0.15, -0.1) is 0 Å². The summed E-state index contributed by atoms with van der Waals surface area (Å²) < 4.78 is 10.4. The van der Waals surface area contributed by atoms with Gasteiger partial charge in [0.25, 0.3) is 0 Å². The molecular formula is C26H32O4. The van der Waals surface area contributed by atoms with Crippen LogP contribution in [0.3, 0.4) is 0 Å². The minimum Gasteiger partial charge on any atom is -0.462 e. The second-order valence-electron chi connectivity index (χ2n) is 8.27. The van der Waals surface area contributed by atoms with Crippen LogP contribution in [0.4, 0.5) is 0 Å². The number of benzene rings is 2. The Hall–Kier alpha value is -2.88. The van der Waals surface area contributed by atoms with Crippen LogP contribution in [0.1, 0.15) is 50.7 Å². The maximum Gasteiger partial charge on any atom is 0.333 e. The largest absolute Gasteiger partial charge is 0.462 e. The van der Waals surface area contributed by atoms with E-state index in [1.54, 1.807) is 6.92 Å². The molecule has 0 aliphatic rings. The van der Waals surface area contributed by atoms with Crippen LogP contribution in [-0.4, -0.2) is 25.2 Å². The van der Waals surface area contributed by atoms with Gasteiger partial charge in [0, 0.05) is 5.57 Å². The average Bonchev–Trinajstić information content (AvgIpc) is 2.75. The van der Waals surface area contributed by atoms with Crippen LogP contribution >= 0.6 is 0 Å². The first kappa shape index (κ1) is 23.4. The van der Waals surface area contributed by atoms with E-state index in [0.717, 1.165) is 12.8 Å². The first-order valence-corrected chi connectivity index (χ1v) is 10.4. The summed E-state index contributed by atoms with van der Waals surface area (Å²) in [6, 6.07) is 20.7. The molecule has 0 bridgehead atoms. The van der Waals surface area contributed by atoms with Crippen LogP contribution in [0.25, 0.3) is 0 Å². The SMILES string of the molecule is C=C(C)C(=O)OCCOC(=O)C(C)(C)CC(CCc1ccccc1)c1ccccc1. The lowest BCUT2D eigenvalue weighted by atomic mass is 9.77. The Morgan fingerprint density at radius 1 is 0.933 bits per heavy atom. The van der Waals surface area contributed by atoms with E-state index in [-0.39, 0.29) is 25.1 Å². The third-order valence-electron chi connectivity index (χ3n) is 5.10. The topological polar surface area (TPSA) is 52.6 Å². The van der Waals surface area contributed by atoms with E-state index in [2.05, 4.69) is 43.0 Å². The highest BCUT2D eigenvalue weighted by Crippen LogP contribution is 2.35. The van der Waals surface area contributed by atoms with Crippen molar-refractivity contribution >= 4 is 11.9 Å². The lowest BCUT2D eigenvalue weighted by Crippen LogP contribution is -2.30. The summed E-state index contributed by atoms with van der Waals surface area (Å²) in [5, 5.41) is 0. The molecule has 0 saturated heterocycles. The molecule has 2 aromatic carbocycles. The average molecular weight is 409 g/mol. The van der Waals surface area contributed by atoms with Crippen molar-refractivity contribution in [3.8, 4) is 0 Å². The van der Waals surface area contributed by atoms with E-state index in [0.29, 0.717) is 12.0 Å². The molecule has 0 amide bonds. The number of carbonyl (C=O) groups excluding carboxylic acids is 2. The maximum absolute atomic E-state index is 12.7. The van der Waals surface area contributed by atoms with Gasteiger partial charge in [-0.3, -0.25) is 4.79 Å². The molecule has 0 radical (unpaired) electrons. The number of hydrogen-bond donors (Lipinski definition) is 0. The van der Waals surface area contributed by atoms with Gasteiger partial charge in [-0.05, 0) is 57.1 Å². The van der Waals surface area contributed by atoms with Gasteiger partial charge < -0.3 is 9.47 Å². The molecule has 0 heterocycles. The molecular weight excluding hydrogens is 376 g/mol. The van der Waals surface area contributed by atoms with Crippen molar-refractivity contribution in [3.63, 3.8) is 0 Å². The highest BCUT2D eigenvalue weighted by atomic mass is 16.6. The number of rotatable bonds is 11. The van der Waals surface area contributed by atoms with Crippen LogP contribution < -0.4 is 0 Å². The smallest absolute Gasteiger partial charge is 0.333 e. The van der Waals surface area contributed by atoms with Gasteiger partial charge in [-0.25, -0.2) is 4.79 Å². The highest BCUT2D eigenvalue weighted by Gasteiger charge is 2.33. The van der Waals surface area contributed by atoms with Crippen LogP contribution in [0.2, 0.25) is 0 Å². The lowest BCUT2D eigenvalue weighted by Gasteiger charge is -2.28. The fourth-order valence-corrected chi connectivity index (χ4v) is 3.38. The maximum atomic E-state index is 12.7. The molecule has 2 rings (SSSR count). The molecule has 0 N–H and O–H groups in total. The summed E-state index contributed by atoms with van der Waals surface area (Å²) in [6.07, 6.45) is 2.57. The van der Waals surface area contributed by atoms with Crippen molar-refractivity contribution in [2.75, 3.05) is 13.2 Å². The third kappa shape index (κ3) is 7.51. The quantitative estimate of drug-likeness (QED) is 0.281. The number of ether oxygens (including phenoxy) is 2. The zero-order valence-corrected chi connectivity index (χ0v) is 18.2. The van der Waals surface area contributed by atoms with Gasteiger partial charge in [0.05, 0.1) is 5.41 Å². The number of carbonyl (C=O) groups is 2. The van der Waals surface area contributed by atoms with E-state index in [4.69, 9.17) is 9.47 Å². The fraction of sp³-hybridized carbons (Fsp3) is 0.385. The summed E-state index contributed by atoms with van der Waals surface area (Å²) in [5.41, 5.74) is 2.18. The molecule has 1 unspecified atom stereocenters. The van der Waals surface area contributed by atoms with E-state index in [9.17, 15) is 9.59 Å². The second kappa shape index (κ2) is 11.3. The normalized spacial score (nSPS) is 12.1. The van der Waals surface area contributed by atoms with E-state index in [1.807, 2.05) is 38.1 Å². The molecule has 0 aromatic heterocycles. The van der Waals surface area contributed by atoms with Crippen LogP contribution in [0.15, 0.2) is 72.8 Å². The van der Waals surface area contributed by atoms with E-state index >= 15 is 0 Å². The fourth-order valence-electron chi connectivity index (χ4n) is 3.38. The molecule has 2 aromatic rings. The molecule has 4 heteroatoms. The van der Waals surface area contributed by atoms with Gasteiger partial charge >= 0.3 is 11.9 Å². The highest BCUT2D eigenvalue weighted by molar-refractivity contribution is 5.86. The summed E-state index contributed by atoms with van der Waals surface area (Å²) >= 11 is 0. The molecule has 160 valence electrons. The van der Waals surface area contributed by atoms with Gasteiger partial charge in [-0.1, -0.05) is 67.2 Å². The van der Waals surface area contributed by atoms with Gasteiger partial charge in [0.1, 0.15) is 13.2 Å². The minimum atomic E-state index is -0.657. The molecule has 30 heavy (non-hydrogen) atoms. The Balaban J connectivity index is 1.97. The van der Waals surface area contributed by atoms with Crippen LogP contribution in [-0.2, 0) is 25.5 Å². The monoisotopic (exact) mass is 408 g/mol. The van der Waals surface area contributed by atoms with Gasteiger partial charge in [0.2, 0.25) is 0 Å². The molecule has 0 aliphatic heterocycles. The van der Waals surface area contributed by atoms with Crippen molar-refractivity contribution in [1.82, 2.24) is 0 Å². The number of esters is 2. The van der Waals surface area contributed by atoms with Crippen LogP contribution in [0.5, 0.6) is 0 Å². The summed E-state index contributed by atoms with van der Waals surface area (Å²) in [6.45, 7) is 9.00. The Morgan fingerprint density at radius 3 is 2.10 bits per heavy atom. The molecule has 0 saturated carbocycles. The van der Waals surface area contributed by atoms with Crippen molar-refractivity contribution in [2.24, 2.45) is 5.41 Å². The van der Waals surface area contributed by atoms with E-state index < -0.39 is 11.4 Å². The first-order valence-electron chi connectivity index (χ1n) is 10.4. The lowest BCUT2D eigenvalue weighted by molar-refractivity contribution is -0.158. The van der Waals surface area contributed by atoms with Crippen molar-refractivity contribution in [2.45, 2.75) is 46.0 Å². The number of hydrogen-bond acceptors (Lipinski definition) is 4. The van der Waals surface area contributed by atoms with Gasteiger partial charge in [-0.2, -0.15) is 0 Å². The molecule has 0 fully saturated rings. The zero-order chi connectivity index (χ0) is 22.0. The standard InChI is InChI=1S/C26H32O4/c1-20(2)24(27)29-17-18-30-25(28)26(3,4)19-23(22-13-9-6-10-14-22)16-15-21-11-7-5-8-12-21/h5-14,23H,1,15-19H2,2-4H3.